The van der Waals surface area contributed by atoms with E-state index in [9.17, 15) is 4.79 Å². The summed E-state index contributed by atoms with van der Waals surface area (Å²) in [5.74, 6) is 1.51. The number of aromatic amines is 1. The largest absolute Gasteiger partial charge is 0.356 e. The average Bonchev–Trinajstić information content (AvgIpc) is 3.32. The number of nitrogens with zero attached hydrogens (tertiary/aromatic N) is 3. The third-order valence-electron chi connectivity index (χ3n) is 5.91. The van der Waals surface area contributed by atoms with Crippen LogP contribution in [0.25, 0.3) is 22.0 Å². The fourth-order valence-electron chi connectivity index (χ4n) is 4.22. The predicted molar refractivity (Wildman–Crippen MR) is 112 cm³/mol. The molecule has 2 aromatic carbocycles. The fourth-order valence-corrected chi connectivity index (χ4v) is 4.22. The van der Waals surface area contributed by atoms with Crippen molar-refractivity contribution in [2.75, 3.05) is 13.1 Å². The first kappa shape index (κ1) is 17.9. The average molecular weight is 388 g/mol. The van der Waals surface area contributed by atoms with Gasteiger partial charge in [0.05, 0.1) is 17.5 Å². The maximum atomic E-state index is 12.8. The molecular formula is C23H24N4O2. The molecule has 0 radical (unpaired) electrons. The number of benzene rings is 2. The molecule has 5 rings (SSSR count). The van der Waals surface area contributed by atoms with Crippen LogP contribution < -0.4 is 0 Å². The Morgan fingerprint density at radius 2 is 1.90 bits per heavy atom. The third-order valence-corrected chi connectivity index (χ3v) is 5.91. The Bertz CT molecular complexity index is 1200. The molecule has 0 aliphatic carbocycles. The van der Waals surface area contributed by atoms with Gasteiger partial charge in [0.15, 0.2) is 5.58 Å². The van der Waals surface area contributed by atoms with Crippen molar-refractivity contribution in [3.63, 3.8) is 0 Å². The summed E-state index contributed by atoms with van der Waals surface area (Å²) < 4.78 is 5.37. The lowest BCUT2D eigenvalue weighted by molar-refractivity contribution is -0.131. The van der Waals surface area contributed by atoms with Gasteiger partial charge < -0.3 is 14.4 Å². The van der Waals surface area contributed by atoms with E-state index in [1.165, 1.54) is 5.56 Å². The molecule has 1 N–H and O–H groups in total. The number of H-pyrrole nitrogens is 1. The lowest BCUT2D eigenvalue weighted by Crippen LogP contribution is -2.39. The van der Waals surface area contributed by atoms with E-state index in [4.69, 9.17) is 9.51 Å². The number of likely N-dealkylation sites (tertiary alicyclic amines) is 1. The van der Waals surface area contributed by atoms with Crippen LogP contribution in [-0.4, -0.2) is 39.0 Å². The smallest absolute Gasteiger partial charge is 0.228 e. The predicted octanol–water partition coefficient (Wildman–Crippen LogP) is 4.27. The van der Waals surface area contributed by atoms with Crippen molar-refractivity contribution in [3.8, 4) is 0 Å². The highest BCUT2D eigenvalue weighted by Gasteiger charge is 2.26. The summed E-state index contributed by atoms with van der Waals surface area (Å²) in [5.41, 5.74) is 5.92. The number of hydrogen-bond donors (Lipinski definition) is 1. The van der Waals surface area contributed by atoms with Gasteiger partial charge in [-0.15, -0.1) is 0 Å². The van der Waals surface area contributed by atoms with Gasteiger partial charge in [0.25, 0.3) is 0 Å². The first-order chi connectivity index (χ1) is 14.1. The molecule has 1 saturated heterocycles. The normalized spacial score (nSPS) is 15.4. The minimum atomic E-state index is 0.111. The first-order valence-corrected chi connectivity index (χ1v) is 10.2. The lowest BCUT2D eigenvalue weighted by Gasteiger charge is -2.31. The number of piperidine rings is 1. The second kappa shape index (κ2) is 7.03. The van der Waals surface area contributed by atoms with Gasteiger partial charge in [0.1, 0.15) is 11.5 Å². The third kappa shape index (κ3) is 3.39. The van der Waals surface area contributed by atoms with Crippen LogP contribution >= 0.6 is 0 Å². The zero-order chi connectivity index (χ0) is 20.0. The molecular weight excluding hydrogens is 364 g/mol. The van der Waals surface area contributed by atoms with Gasteiger partial charge in [-0.2, -0.15) is 0 Å². The van der Waals surface area contributed by atoms with E-state index in [1.807, 2.05) is 30.0 Å². The summed E-state index contributed by atoms with van der Waals surface area (Å²) in [6.07, 6.45) is 2.12. The van der Waals surface area contributed by atoms with Gasteiger partial charge in [-0.05, 0) is 56.5 Å². The molecule has 4 aromatic rings. The minimum Gasteiger partial charge on any atom is -0.356 e. The van der Waals surface area contributed by atoms with E-state index >= 15 is 0 Å². The van der Waals surface area contributed by atoms with Crippen LogP contribution in [0.15, 0.2) is 40.9 Å². The SMILES string of the molecule is Cc1ccc2nc(C3CCN(C(=O)Cc4noc5ccc(C)cc45)CC3)[nH]c2c1. The number of hydrogen-bond acceptors (Lipinski definition) is 4. The van der Waals surface area contributed by atoms with Crippen molar-refractivity contribution < 1.29 is 9.32 Å². The van der Waals surface area contributed by atoms with E-state index < -0.39 is 0 Å². The monoisotopic (exact) mass is 388 g/mol. The van der Waals surface area contributed by atoms with Crippen molar-refractivity contribution in [3.05, 3.63) is 59.0 Å². The molecule has 1 aliphatic rings. The van der Waals surface area contributed by atoms with Gasteiger partial charge in [-0.1, -0.05) is 22.9 Å². The molecule has 0 bridgehead atoms. The van der Waals surface area contributed by atoms with E-state index in [0.29, 0.717) is 5.92 Å². The Labute approximate surface area is 168 Å². The van der Waals surface area contributed by atoms with Crippen LogP contribution in [-0.2, 0) is 11.2 Å². The highest BCUT2D eigenvalue weighted by molar-refractivity contribution is 5.86. The summed E-state index contributed by atoms with van der Waals surface area (Å²) in [5, 5.41) is 5.06. The Morgan fingerprint density at radius 3 is 2.72 bits per heavy atom. The molecule has 6 nitrogen and oxygen atoms in total. The number of aryl methyl sites for hydroxylation is 2. The van der Waals surface area contributed by atoms with Crippen molar-refractivity contribution in [1.82, 2.24) is 20.0 Å². The zero-order valence-corrected chi connectivity index (χ0v) is 16.7. The fraction of sp³-hybridized carbons (Fsp3) is 0.348. The van der Waals surface area contributed by atoms with Gasteiger partial charge in [-0.25, -0.2) is 4.98 Å². The van der Waals surface area contributed by atoms with Crippen LogP contribution in [0.5, 0.6) is 0 Å². The molecule has 3 heterocycles. The molecule has 0 atom stereocenters. The molecule has 2 aromatic heterocycles. The number of rotatable bonds is 3. The van der Waals surface area contributed by atoms with Gasteiger partial charge in [-0.3, -0.25) is 4.79 Å². The molecule has 0 unspecified atom stereocenters. The van der Waals surface area contributed by atoms with Gasteiger partial charge in [0.2, 0.25) is 5.91 Å². The van der Waals surface area contributed by atoms with Crippen molar-refractivity contribution in [2.24, 2.45) is 0 Å². The maximum Gasteiger partial charge on any atom is 0.228 e. The van der Waals surface area contributed by atoms with E-state index in [1.54, 1.807) is 0 Å². The molecule has 1 amide bonds. The summed E-state index contributed by atoms with van der Waals surface area (Å²) >= 11 is 0. The minimum absolute atomic E-state index is 0.111. The molecule has 0 saturated carbocycles. The highest BCUT2D eigenvalue weighted by Crippen LogP contribution is 2.29. The summed E-state index contributed by atoms with van der Waals surface area (Å²) in [6, 6.07) is 12.2. The Morgan fingerprint density at radius 1 is 1.14 bits per heavy atom. The Hall–Kier alpha value is -3.15. The second-order valence-corrected chi connectivity index (χ2v) is 8.10. The molecule has 0 spiro atoms. The Balaban J connectivity index is 1.25. The maximum absolute atomic E-state index is 12.8. The molecule has 6 heteroatoms. The molecule has 29 heavy (non-hydrogen) atoms. The summed E-state index contributed by atoms with van der Waals surface area (Å²) in [4.78, 5) is 23.0. The van der Waals surface area contributed by atoms with E-state index in [2.05, 4.69) is 35.3 Å². The number of amides is 1. The number of carbonyl (C=O) groups excluding carboxylic acids is 1. The quantitative estimate of drug-likeness (QED) is 0.569. The second-order valence-electron chi connectivity index (χ2n) is 8.10. The number of carbonyl (C=O) groups is 1. The number of nitrogens with one attached hydrogen (secondary N) is 1. The summed E-state index contributed by atoms with van der Waals surface area (Å²) in [7, 11) is 0. The molecule has 1 fully saturated rings. The molecule has 1 aliphatic heterocycles. The van der Waals surface area contributed by atoms with Crippen LogP contribution in [0.3, 0.4) is 0 Å². The van der Waals surface area contributed by atoms with Crippen LogP contribution in [0.2, 0.25) is 0 Å². The van der Waals surface area contributed by atoms with Crippen molar-refractivity contribution in [2.45, 2.75) is 39.0 Å². The number of fused-ring (bicyclic) bond motifs is 2. The van der Waals surface area contributed by atoms with Crippen LogP contribution in [0, 0.1) is 13.8 Å². The van der Waals surface area contributed by atoms with Crippen LogP contribution in [0.1, 0.15) is 41.4 Å². The van der Waals surface area contributed by atoms with Gasteiger partial charge in [0, 0.05) is 24.4 Å². The topological polar surface area (TPSA) is 75.0 Å². The van der Waals surface area contributed by atoms with Crippen molar-refractivity contribution in [1.29, 1.82) is 0 Å². The standard InChI is InChI=1S/C23H24N4O2/c1-14-4-6-21-17(11-14)19(26-29-21)13-22(28)27-9-7-16(8-10-27)23-24-18-5-3-15(2)12-20(18)25-23/h3-6,11-12,16H,7-10,13H2,1-2H3,(H,24,25). The zero-order valence-electron chi connectivity index (χ0n) is 16.7. The first-order valence-electron chi connectivity index (χ1n) is 10.2. The Kier molecular flexibility index (Phi) is 4.34. The number of imidazole rings is 1. The van der Waals surface area contributed by atoms with Crippen molar-refractivity contribution >= 4 is 27.9 Å². The molecule has 148 valence electrons. The van der Waals surface area contributed by atoms with E-state index in [-0.39, 0.29) is 12.3 Å². The highest BCUT2D eigenvalue weighted by atomic mass is 16.5. The van der Waals surface area contributed by atoms with Crippen LogP contribution in [0.4, 0.5) is 0 Å². The lowest BCUT2D eigenvalue weighted by atomic mass is 9.96. The summed E-state index contributed by atoms with van der Waals surface area (Å²) in [6.45, 7) is 5.61. The van der Waals surface area contributed by atoms with E-state index in [0.717, 1.165) is 65.0 Å². The van der Waals surface area contributed by atoms with Gasteiger partial charge >= 0.3 is 0 Å². The number of aromatic nitrogens is 3.